The first-order chi connectivity index (χ1) is 8.20. The number of nitrogens with zero attached hydrogens (tertiary/aromatic N) is 2. The average molecular weight is 231 g/mol. The maximum atomic E-state index is 12.1. The van der Waals surface area contributed by atoms with E-state index in [0.29, 0.717) is 17.4 Å². The molecular formula is C12H13N3O2. The first kappa shape index (κ1) is 11.2. The lowest BCUT2D eigenvalue weighted by Gasteiger charge is -2.11. The lowest BCUT2D eigenvalue weighted by Crippen LogP contribution is -2.23. The third kappa shape index (κ3) is 1.65. The van der Waals surface area contributed by atoms with Gasteiger partial charge in [-0.2, -0.15) is 5.10 Å². The molecule has 0 radical (unpaired) electrons. The molecule has 88 valence electrons. The Morgan fingerprint density at radius 1 is 1.47 bits per heavy atom. The quantitative estimate of drug-likeness (QED) is 0.460. The number of pyridine rings is 1. The molecule has 1 heterocycles. The molecule has 3 N–H and O–H groups in total. The average Bonchev–Trinajstić information content (AvgIpc) is 2.35. The maximum absolute atomic E-state index is 12.1. The summed E-state index contributed by atoms with van der Waals surface area (Å²) in [6.07, 6.45) is 1.18. The highest BCUT2D eigenvalue weighted by atomic mass is 16.3. The Kier molecular flexibility index (Phi) is 2.82. The Bertz CT molecular complexity index is 644. The molecule has 0 aliphatic rings. The molecule has 0 aliphatic carbocycles. The number of aromatic nitrogens is 1. The van der Waals surface area contributed by atoms with E-state index in [0.717, 1.165) is 0 Å². The summed E-state index contributed by atoms with van der Waals surface area (Å²) in [6.45, 7) is 2.39. The number of nitrogens with two attached hydrogens (primary N) is 1. The summed E-state index contributed by atoms with van der Waals surface area (Å²) in [4.78, 5) is 12.1. The highest BCUT2D eigenvalue weighted by Gasteiger charge is 2.13. The summed E-state index contributed by atoms with van der Waals surface area (Å²) in [5.74, 6) is 4.96. The van der Waals surface area contributed by atoms with Gasteiger partial charge < -0.3 is 15.5 Å². The number of hydrazone groups is 1. The van der Waals surface area contributed by atoms with Gasteiger partial charge in [-0.1, -0.05) is 12.1 Å². The number of aryl methyl sites for hydroxylation is 1. The van der Waals surface area contributed by atoms with Crippen molar-refractivity contribution in [1.82, 2.24) is 4.57 Å². The fraction of sp³-hybridized carbons (Fsp3) is 0.167. The molecule has 0 spiro atoms. The molecule has 5 heteroatoms. The zero-order chi connectivity index (χ0) is 12.4. The summed E-state index contributed by atoms with van der Waals surface area (Å²) >= 11 is 0. The minimum Gasteiger partial charge on any atom is -0.506 e. The predicted molar refractivity (Wildman–Crippen MR) is 67.3 cm³/mol. The highest BCUT2D eigenvalue weighted by molar-refractivity contribution is 5.94. The largest absolute Gasteiger partial charge is 0.506 e. The summed E-state index contributed by atoms with van der Waals surface area (Å²) in [7, 11) is 0. The fourth-order valence-electron chi connectivity index (χ4n) is 1.92. The van der Waals surface area contributed by atoms with E-state index >= 15 is 0 Å². The predicted octanol–water partition coefficient (Wildman–Crippen LogP) is 1.02. The number of benzene rings is 1. The van der Waals surface area contributed by atoms with Gasteiger partial charge in [-0.15, -0.1) is 0 Å². The first-order valence-corrected chi connectivity index (χ1v) is 5.28. The number of hydrogen-bond acceptors (Lipinski definition) is 4. The van der Waals surface area contributed by atoms with Gasteiger partial charge in [-0.3, -0.25) is 4.79 Å². The number of rotatable bonds is 2. The van der Waals surface area contributed by atoms with Crippen LogP contribution in [0.2, 0.25) is 0 Å². The van der Waals surface area contributed by atoms with Crippen molar-refractivity contribution in [1.29, 1.82) is 0 Å². The SMILES string of the molecule is CCn1c(=O)c(/C=N/N)c(O)c2ccccc21. The second-order valence-corrected chi connectivity index (χ2v) is 3.61. The Labute approximate surface area is 97.8 Å². The molecule has 2 aromatic rings. The second kappa shape index (κ2) is 4.29. The minimum atomic E-state index is -0.294. The van der Waals surface area contributed by atoms with Crippen molar-refractivity contribution < 1.29 is 5.11 Å². The van der Waals surface area contributed by atoms with E-state index in [4.69, 9.17) is 5.84 Å². The molecule has 0 bridgehead atoms. The van der Waals surface area contributed by atoms with Crippen molar-refractivity contribution in [3.63, 3.8) is 0 Å². The van der Waals surface area contributed by atoms with Gasteiger partial charge >= 0.3 is 0 Å². The van der Waals surface area contributed by atoms with Crippen LogP contribution in [0, 0.1) is 0 Å². The maximum Gasteiger partial charge on any atom is 0.263 e. The van der Waals surface area contributed by atoms with Crippen LogP contribution in [0.5, 0.6) is 5.75 Å². The first-order valence-electron chi connectivity index (χ1n) is 5.28. The number of fused-ring (bicyclic) bond motifs is 1. The zero-order valence-electron chi connectivity index (χ0n) is 9.42. The molecule has 0 atom stereocenters. The van der Waals surface area contributed by atoms with Crippen LogP contribution >= 0.6 is 0 Å². The summed E-state index contributed by atoms with van der Waals surface area (Å²) in [6, 6.07) is 7.17. The van der Waals surface area contributed by atoms with Crippen molar-refractivity contribution in [2.24, 2.45) is 10.9 Å². The Morgan fingerprint density at radius 3 is 2.82 bits per heavy atom. The van der Waals surface area contributed by atoms with Crippen LogP contribution < -0.4 is 11.4 Å². The van der Waals surface area contributed by atoms with Crippen LogP contribution in [0.4, 0.5) is 0 Å². The van der Waals surface area contributed by atoms with Crippen LogP contribution in [-0.4, -0.2) is 15.9 Å². The van der Waals surface area contributed by atoms with Gasteiger partial charge in [-0.25, -0.2) is 0 Å². The molecule has 17 heavy (non-hydrogen) atoms. The Hall–Kier alpha value is -2.30. The van der Waals surface area contributed by atoms with Crippen molar-refractivity contribution >= 4 is 17.1 Å². The van der Waals surface area contributed by atoms with Crippen LogP contribution in [0.1, 0.15) is 12.5 Å². The third-order valence-corrected chi connectivity index (χ3v) is 2.70. The molecule has 0 fully saturated rings. The van der Waals surface area contributed by atoms with Crippen molar-refractivity contribution in [2.75, 3.05) is 0 Å². The molecule has 1 aromatic heterocycles. The molecule has 0 saturated heterocycles. The standard InChI is InChI=1S/C12H13N3O2/c1-2-15-10-6-4-3-5-8(10)11(16)9(7-14-13)12(15)17/h3-7,16H,2,13H2,1H3/b14-7+. The van der Waals surface area contributed by atoms with Crippen molar-refractivity contribution in [2.45, 2.75) is 13.5 Å². The van der Waals surface area contributed by atoms with E-state index < -0.39 is 0 Å². The third-order valence-electron chi connectivity index (χ3n) is 2.70. The molecule has 1 aromatic carbocycles. The Morgan fingerprint density at radius 2 is 2.18 bits per heavy atom. The summed E-state index contributed by atoms with van der Waals surface area (Å²) in [5, 5.41) is 13.9. The molecule has 0 aliphatic heterocycles. The van der Waals surface area contributed by atoms with Crippen LogP contribution in [0.15, 0.2) is 34.2 Å². The van der Waals surface area contributed by atoms with Gasteiger partial charge in [0, 0.05) is 11.9 Å². The van der Waals surface area contributed by atoms with Gasteiger partial charge in [0.25, 0.3) is 5.56 Å². The van der Waals surface area contributed by atoms with Gasteiger partial charge in [0.1, 0.15) is 11.3 Å². The smallest absolute Gasteiger partial charge is 0.263 e. The highest BCUT2D eigenvalue weighted by Crippen LogP contribution is 2.24. The molecule has 2 rings (SSSR count). The van der Waals surface area contributed by atoms with E-state index in [-0.39, 0.29) is 16.9 Å². The lowest BCUT2D eigenvalue weighted by atomic mass is 10.1. The van der Waals surface area contributed by atoms with Crippen molar-refractivity contribution in [3.05, 3.63) is 40.2 Å². The lowest BCUT2D eigenvalue weighted by molar-refractivity contribution is 0.478. The van der Waals surface area contributed by atoms with E-state index in [9.17, 15) is 9.90 Å². The number of aromatic hydroxyl groups is 1. The van der Waals surface area contributed by atoms with Gasteiger partial charge in [0.05, 0.1) is 11.7 Å². The fourth-order valence-corrected chi connectivity index (χ4v) is 1.92. The van der Waals surface area contributed by atoms with E-state index in [1.165, 1.54) is 6.21 Å². The minimum absolute atomic E-state index is 0.0792. The van der Waals surface area contributed by atoms with Gasteiger partial charge in [0.15, 0.2) is 0 Å². The molecule has 5 nitrogen and oxygen atoms in total. The monoisotopic (exact) mass is 231 g/mol. The van der Waals surface area contributed by atoms with Gasteiger partial charge in [0.2, 0.25) is 0 Å². The van der Waals surface area contributed by atoms with Gasteiger partial charge in [-0.05, 0) is 19.1 Å². The number of hydrogen-bond donors (Lipinski definition) is 2. The number of para-hydroxylation sites is 1. The van der Waals surface area contributed by atoms with Crippen LogP contribution in [0.25, 0.3) is 10.9 Å². The van der Waals surface area contributed by atoms with E-state index in [1.54, 1.807) is 22.8 Å². The van der Waals surface area contributed by atoms with E-state index in [2.05, 4.69) is 5.10 Å². The summed E-state index contributed by atoms with van der Waals surface area (Å²) < 4.78 is 1.58. The zero-order valence-corrected chi connectivity index (χ0v) is 9.42. The van der Waals surface area contributed by atoms with Crippen molar-refractivity contribution in [3.8, 4) is 5.75 Å². The topological polar surface area (TPSA) is 80.6 Å². The molecule has 0 saturated carbocycles. The Balaban J connectivity index is 2.99. The second-order valence-electron chi connectivity index (χ2n) is 3.61. The van der Waals surface area contributed by atoms with Crippen LogP contribution in [0.3, 0.4) is 0 Å². The molecule has 0 unspecified atom stereocenters. The van der Waals surface area contributed by atoms with Crippen LogP contribution in [-0.2, 0) is 6.54 Å². The van der Waals surface area contributed by atoms with E-state index in [1.807, 2.05) is 13.0 Å². The summed E-state index contributed by atoms with van der Waals surface area (Å²) in [5.41, 5.74) is 0.526. The molecular weight excluding hydrogens is 218 g/mol. The normalized spacial score (nSPS) is 11.4. The molecule has 0 amide bonds.